The number of hydrogen-bond donors (Lipinski definition) is 1. The van der Waals surface area contributed by atoms with E-state index in [0.717, 1.165) is 19.3 Å². The van der Waals surface area contributed by atoms with Gasteiger partial charge in [-0.25, -0.2) is 24.3 Å². The standard InChI is InChI=1S/C8H18O.2C5H5.Zr/c1-3-5-6-8(4-2)7-9;2*1-2-4-5-3-1;/h8-9H,3-7H2,1-2H3;2*1-3H,4H2;/q;2*-1;+2. The van der Waals surface area contributed by atoms with Gasteiger partial charge in [0, 0.05) is 6.61 Å². The van der Waals surface area contributed by atoms with Crippen LogP contribution in [0.15, 0.2) is 36.5 Å². The molecular weight excluding hydrogens is 323 g/mol. The minimum atomic E-state index is 0. The topological polar surface area (TPSA) is 20.2 Å². The first-order valence-corrected chi connectivity index (χ1v) is 7.39. The first kappa shape index (κ1) is 22.1. The molecule has 0 radical (unpaired) electrons. The number of hydrogen-bond acceptors (Lipinski definition) is 1. The molecule has 0 aromatic carbocycles. The molecule has 0 aliphatic heterocycles. The maximum atomic E-state index is 8.75. The van der Waals surface area contributed by atoms with E-state index in [1.807, 2.05) is 24.3 Å². The van der Waals surface area contributed by atoms with Gasteiger partial charge in [-0.05, 0) is 12.3 Å². The van der Waals surface area contributed by atoms with Crippen molar-refractivity contribution in [2.45, 2.75) is 52.4 Å². The first-order chi connectivity index (χ1) is 9.35. The molecule has 2 heteroatoms. The van der Waals surface area contributed by atoms with Gasteiger partial charge in [-0.3, -0.25) is 12.2 Å². The summed E-state index contributed by atoms with van der Waals surface area (Å²) in [7, 11) is 0. The van der Waals surface area contributed by atoms with Crippen LogP contribution >= 0.6 is 0 Å². The van der Waals surface area contributed by atoms with Crippen molar-refractivity contribution in [2.75, 3.05) is 6.61 Å². The summed E-state index contributed by atoms with van der Waals surface area (Å²) in [6.07, 6.45) is 24.8. The third kappa shape index (κ3) is 15.9. The van der Waals surface area contributed by atoms with Gasteiger partial charge in [0.15, 0.2) is 0 Å². The van der Waals surface area contributed by atoms with Gasteiger partial charge >= 0.3 is 26.2 Å². The fourth-order valence-electron chi connectivity index (χ4n) is 1.60. The molecule has 0 bridgehead atoms. The summed E-state index contributed by atoms with van der Waals surface area (Å²) in [4.78, 5) is 0. The van der Waals surface area contributed by atoms with Crippen molar-refractivity contribution in [1.82, 2.24) is 0 Å². The Balaban J connectivity index is 0. The first-order valence-electron chi connectivity index (χ1n) is 7.39. The normalized spacial score (nSPS) is 14.9. The molecule has 2 rings (SSSR count). The molecule has 2 aliphatic rings. The van der Waals surface area contributed by atoms with Crippen molar-refractivity contribution in [3.8, 4) is 0 Å². The van der Waals surface area contributed by atoms with Crippen LogP contribution in [-0.4, -0.2) is 11.7 Å². The Kier molecular flexibility index (Phi) is 20.8. The van der Waals surface area contributed by atoms with Gasteiger partial charge in [0.05, 0.1) is 0 Å². The number of aliphatic hydroxyl groups excluding tert-OH is 1. The van der Waals surface area contributed by atoms with Gasteiger partial charge < -0.3 is 5.11 Å². The maximum Gasteiger partial charge on any atom is 2.00 e. The number of rotatable bonds is 5. The second-order valence-corrected chi connectivity index (χ2v) is 4.61. The fourth-order valence-corrected chi connectivity index (χ4v) is 1.60. The maximum absolute atomic E-state index is 8.75. The Morgan fingerprint density at radius 2 is 1.60 bits per heavy atom. The summed E-state index contributed by atoms with van der Waals surface area (Å²) < 4.78 is 0. The van der Waals surface area contributed by atoms with E-state index in [-0.39, 0.29) is 26.2 Å². The van der Waals surface area contributed by atoms with Crippen LogP contribution < -0.4 is 0 Å². The Labute approximate surface area is 144 Å². The molecule has 0 aromatic heterocycles. The Morgan fingerprint density at radius 3 is 1.80 bits per heavy atom. The van der Waals surface area contributed by atoms with Gasteiger partial charge in [-0.15, -0.1) is 12.8 Å². The molecule has 1 atom stereocenters. The average molecular weight is 352 g/mol. The third-order valence-corrected chi connectivity index (χ3v) is 2.97. The van der Waals surface area contributed by atoms with Crippen molar-refractivity contribution < 1.29 is 31.3 Å². The summed E-state index contributed by atoms with van der Waals surface area (Å²) in [6, 6.07) is 0. The second kappa shape index (κ2) is 18.8. The van der Waals surface area contributed by atoms with Crippen LogP contribution in [-0.2, 0) is 26.2 Å². The van der Waals surface area contributed by atoms with Crippen LogP contribution in [0, 0.1) is 18.1 Å². The summed E-state index contributed by atoms with van der Waals surface area (Å²) in [5.74, 6) is 0.560. The molecule has 1 N–H and O–H groups in total. The number of unbranched alkanes of at least 4 members (excludes halogenated alkanes) is 1. The van der Waals surface area contributed by atoms with Crippen molar-refractivity contribution in [3.63, 3.8) is 0 Å². The SMILES string of the molecule is CCCCC(CC)CO.[C-]1=CC=CC1.[C-]1=CC=CC1.[Zr+2]. The molecule has 0 saturated heterocycles. The number of aliphatic hydroxyl groups is 1. The summed E-state index contributed by atoms with van der Waals surface area (Å²) in [5.41, 5.74) is 0. The van der Waals surface area contributed by atoms with E-state index in [9.17, 15) is 0 Å². The van der Waals surface area contributed by atoms with E-state index in [1.165, 1.54) is 19.3 Å². The van der Waals surface area contributed by atoms with E-state index < -0.39 is 0 Å². The van der Waals surface area contributed by atoms with Gasteiger partial charge in [0.25, 0.3) is 0 Å². The Morgan fingerprint density at radius 1 is 1.05 bits per heavy atom. The molecule has 20 heavy (non-hydrogen) atoms. The van der Waals surface area contributed by atoms with Gasteiger partial charge in [0.2, 0.25) is 0 Å². The zero-order chi connectivity index (χ0) is 14.2. The molecule has 0 aromatic rings. The Bertz CT molecular complexity index is 244. The predicted octanol–water partition coefficient (Wildman–Crippen LogP) is 4.80. The van der Waals surface area contributed by atoms with Crippen molar-refractivity contribution >= 4 is 0 Å². The second-order valence-electron chi connectivity index (χ2n) is 4.61. The third-order valence-electron chi connectivity index (χ3n) is 2.97. The van der Waals surface area contributed by atoms with Crippen molar-refractivity contribution in [1.29, 1.82) is 0 Å². The molecule has 2 aliphatic carbocycles. The summed E-state index contributed by atoms with van der Waals surface area (Å²) >= 11 is 0. The van der Waals surface area contributed by atoms with Gasteiger partial charge in [-0.2, -0.15) is 12.2 Å². The smallest absolute Gasteiger partial charge is 0.396 e. The van der Waals surface area contributed by atoms with E-state index in [1.54, 1.807) is 0 Å². The fraction of sp³-hybridized carbons (Fsp3) is 0.556. The van der Waals surface area contributed by atoms with Crippen molar-refractivity contribution in [2.24, 2.45) is 5.92 Å². The van der Waals surface area contributed by atoms with E-state index in [0.29, 0.717) is 12.5 Å². The zero-order valence-electron chi connectivity index (χ0n) is 12.9. The van der Waals surface area contributed by atoms with E-state index >= 15 is 0 Å². The molecule has 0 fully saturated rings. The minimum absolute atomic E-state index is 0. The minimum Gasteiger partial charge on any atom is -0.396 e. The van der Waals surface area contributed by atoms with Crippen LogP contribution in [0.1, 0.15) is 52.4 Å². The monoisotopic (exact) mass is 350 g/mol. The molecule has 0 amide bonds. The molecule has 1 unspecified atom stereocenters. The zero-order valence-corrected chi connectivity index (χ0v) is 15.4. The van der Waals surface area contributed by atoms with Crippen LogP contribution in [0.2, 0.25) is 0 Å². The molecule has 110 valence electrons. The summed E-state index contributed by atoms with van der Waals surface area (Å²) in [6.45, 7) is 4.69. The summed E-state index contributed by atoms with van der Waals surface area (Å²) in [5, 5.41) is 8.75. The predicted molar refractivity (Wildman–Crippen MR) is 83.5 cm³/mol. The Hall–Kier alpha value is -0.197. The van der Waals surface area contributed by atoms with Crippen LogP contribution in [0.5, 0.6) is 0 Å². The average Bonchev–Trinajstić information content (AvgIpc) is 3.18. The number of allylic oxidation sites excluding steroid dienone is 8. The largest absolute Gasteiger partial charge is 2.00 e. The van der Waals surface area contributed by atoms with Crippen LogP contribution in [0.3, 0.4) is 0 Å². The van der Waals surface area contributed by atoms with Gasteiger partial charge in [0.1, 0.15) is 0 Å². The van der Waals surface area contributed by atoms with E-state index in [4.69, 9.17) is 5.11 Å². The molecule has 0 spiro atoms. The molecule has 0 saturated carbocycles. The van der Waals surface area contributed by atoms with Gasteiger partial charge in [-0.1, -0.05) is 33.1 Å². The van der Waals surface area contributed by atoms with E-state index in [2.05, 4.69) is 38.2 Å². The van der Waals surface area contributed by atoms with Crippen LogP contribution in [0.25, 0.3) is 0 Å². The molecule has 0 heterocycles. The quantitative estimate of drug-likeness (QED) is 0.705. The molecular formula is C18H28OZr. The van der Waals surface area contributed by atoms with Crippen molar-refractivity contribution in [3.05, 3.63) is 48.6 Å². The molecule has 1 nitrogen and oxygen atoms in total. The van der Waals surface area contributed by atoms with Crippen LogP contribution in [0.4, 0.5) is 0 Å².